The minimum atomic E-state index is -0.0301. The van der Waals surface area contributed by atoms with Crippen molar-refractivity contribution in [2.75, 3.05) is 13.2 Å². The topological polar surface area (TPSA) is 23.5 Å². The number of likely N-dealkylation sites (N-methyl/N-ethyl adjacent to an activating group) is 1. The van der Waals surface area contributed by atoms with E-state index in [4.69, 9.17) is 0 Å². The fourth-order valence-electron chi connectivity index (χ4n) is 2.22. The predicted molar refractivity (Wildman–Crippen MR) is 57.9 cm³/mol. The zero-order valence-electron chi connectivity index (χ0n) is 9.80. The van der Waals surface area contributed by atoms with Gasteiger partial charge in [-0.15, -0.1) is 0 Å². The molecule has 0 aliphatic heterocycles. The summed E-state index contributed by atoms with van der Waals surface area (Å²) in [5.74, 6) is 0. The minimum absolute atomic E-state index is 0.0301. The number of hydrogen-bond acceptors (Lipinski definition) is 2. The fourth-order valence-corrected chi connectivity index (χ4v) is 2.22. The van der Waals surface area contributed by atoms with Crippen molar-refractivity contribution in [1.29, 1.82) is 0 Å². The number of aliphatic hydroxyl groups is 1. The molecule has 0 rings (SSSR count). The van der Waals surface area contributed by atoms with E-state index in [0.29, 0.717) is 6.04 Å². The van der Waals surface area contributed by atoms with Crippen LogP contribution in [0.3, 0.4) is 0 Å². The smallest absolute Gasteiger partial charge is 0.0612 e. The van der Waals surface area contributed by atoms with E-state index >= 15 is 0 Å². The molecule has 0 aliphatic rings. The maximum Gasteiger partial charge on any atom is 0.0612 e. The molecule has 0 radical (unpaired) electrons. The first kappa shape index (κ1) is 12.9. The van der Waals surface area contributed by atoms with Gasteiger partial charge < -0.3 is 5.11 Å². The van der Waals surface area contributed by atoms with Gasteiger partial charge >= 0.3 is 0 Å². The fraction of sp³-hybridized carbons (Fsp3) is 1.00. The summed E-state index contributed by atoms with van der Waals surface area (Å²) in [6, 6.07) is 0.508. The molecule has 13 heavy (non-hydrogen) atoms. The summed E-state index contributed by atoms with van der Waals surface area (Å²) in [4.78, 5) is 2.37. The van der Waals surface area contributed by atoms with Crippen LogP contribution in [0.4, 0.5) is 0 Å². The Morgan fingerprint density at radius 1 is 1.31 bits per heavy atom. The lowest BCUT2D eigenvalue weighted by molar-refractivity contribution is 0.0172. The van der Waals surface area contributed by atoms with Gasteiger partial charge in [0.05, 0.1) is 6.61 Å². The van der Waals surface area contributed by atoms with Gasteiger partial charge in [-0.1, -0.05) is 20.3 Å². The summed E-state index contributed by atoms with van der Waals surface area (Å²) in [6.07, 6.45) is 2.19. The molecule has 0 heterocycles. The van der Waals surface area contributed by atoms with Crippen LogP contribution < -0.4 is 0 Å². The molecule has 80 valence electrons. The van der Waals surface area contributed by atoms with E-state index < -0.39 is 0 Å². The zero-order valence-corrected chi connectivity index (χ0v) is 9.80. The summed E-state index contributed by atoms with van der Waals surface area (Å²) in [7, 11) is 0. The quantitative estimate of drug-likeness (QED) is 0.689. The van der Waals surface area contributed by atoms with Crippen LogP contribution in [0.1, 0.15) is 47.5 Å². The van der Waals surface area contributed by atoms with Gasteiger partial charge in [0, 0.05) is 11.6 Å². The van der Waals surface area contributed by atoms with E-state index in [9.17, 15) is 5.11 Å². The van der Waals surface area contributed by atoms with Gasteiger partial charge in [0.1, 0.15) is 0 Å². The number of aliphatic hydroxyl groups excluding tert-OH is 1. The van der Waals surface area contributed by atoms with Crippen LogP contribution >= 0.6 is 0 Å². The lowest BCUT2D eigenvalue weighted by atomic mass is 9.93. The second-order valence-electron chi connectivity index (χ2n) is 4.28. The van der Waals surface area contributed by atoms with Crippen LogP contribution in [0, 0.1) is 0 Å². The molecular weight excluding hydrogens is 162 g/mol. The van der Waals surface area contributed by atoms with Crippen LogP contribution in [0.25, 0.3) is 0 Å². The molecule has 1 N–H and O–H groups in total. The first-order chi connectivity index (χ1) is 6.01. The molecule has 0 aromatic heterocycles. The Labute approximate surface area is 82.9 Å². The van der Waals surface area contributed by atoms with Crippen molar-refractivity contribution in [2.45, 2.75) is 59.0 Å². The van der Waals surface area contributed by atoms with Crippen LogP contribution in [0.2, 0.25) is 0 Å². The van der Waals surface area contributed by atoms with E-state index in [0.717, 1.165) is 19.4 Å². The highest BCUT2D eigenvalue weighted by Gasteiger charge is 2.30. The van der Waals surface area contributed by atoms with Crippen LogP contribution in [0.15, 0.2) is 0 Å². The first-order valence-electron chi connectivity index (χ1n) is 5.39. The van der Waals surface area contributed by atoms with Gasteiger partial charge in [0.15, 0.2) is 0 Å². The van der Waals surface area contributed by atoms with E-state index in [1.807, 2.05) is 0 Å². The third-order valence-corrected chi connectivity index (χ3v) is 2.79. The van der Waals surface area contributed by atoms with Gasteiger partial charge in [-0.2, -0.15) is 0 Å². The minimum Gasteiger partial charge on any atom is -0.394 e. The molecule has 1 atom stereocenters. The molecule has 0 aliphatic carbocycles. The molecule has 2 heteroatoms. The Morgan fingerprint density at radius 3 is 2.08 bits per heavy atom. The Hall–Kier alpha value is -0.0800. The van der Waals surface area contributed by atoms with Crippen molar-refractivity contribution in [3.05, 3.63) is 0 Å². The highest BCUT2D eigenvalue weighted by molar-refractivity contribution is 4.86. The summed E-state index contributed by atoms with van der Waals surface area (Å²) in [6.45, 7) is 12.1. The molecule has 0 saturated carbocycles. The summed E-state index contributed by atoms with van der Waals surface area (Å²) in [5, 5.41) is 9.43. The van der Waals surface area contributed by atoms with Gasteiger partial charge in [-0.05, 0) is 33.7 Å². The van der Waals surface area contributed by atoms with E-state index in [1.165, 1.54) is 0 Å². The average molecular weight is 187 g/mol. The Kier molecular flexibility index (Phi) is 5.57. The molecular formula is C11H25NO. The maximum absolute atomic E-state index is 9.43. The molecule has 0 saturated heterocycles. The van der Waals surface area contributed by atoms with Crippen molar-refractivity contribution >= 4 is 0 Å². The standard InChI is InChI=1S/C11H25NO/c1-6-8-11(5,9-13)12(7-2)10(3)4/h10,13H,6-9H2,1-5H3. The lowest BCUT2D eigenvalue weighted by Crippen LogP contribution is -2.52. The molecule has 1 unspecified atom stereocenters. The lowest BCUT2D eigenvalue weighted by Gasteiger charge is -2.42. The van der Waals surface area contributed by atoms with Gasteiger partial charge in [0.2, 0.25) is 0 Å². The highest BCUT2D eigenvalue weighted by atomic mass is 16.3. The summed E-state index contributed by atoms with van der Waals surface area (Å²) < 4.78 is 0. The Balaban J connectivity index is 4.48. The highest BCUT2D eigenvalue weighted by Crippen LogP contribution is 2.22. The van der Waals surface area contributed by atoms with E-state index in [1.54, 1.807) is 0 Å². The van der Waals surface area contributed by atoms with Crippen molar-refractivity contribution in [3.63, 3.8) is 0 Å². The predicted octanol–water partition coefficient (Wildman–Crippen LogP) is 2.27. The van der Waals surface area contributed by atoms with Crippen LogP contribution in [-0.4, -0.2) is 34.7 Å². The van der Waals surface area contributed by atoms with Crippen molar-refractivity contribution in [1.82, 2.24) is 4.90 Å². The summed E-state index contributed by atoms with van der Waals surface area (Å²) >= 11 is 0. The third-order valence-electron chi connectivity index (χ3n) is 2.79. The molecule has 0 bridgehead atoms. The van der Waals surface area contributed by atoms with Crippen molar-refractivity contribution in [3.8, 4) is 0 Å². The van der Waals surface area contributed by atoms with E-state index in [-0.39, 0.29) is 12.1 Å². The van der Waals surface area contributed by atoms with E-state index in [2.05, 4.69) is 39.5 Å². The van der Waals surface area contributed by atoms with Crippen molar-refractivity contribution in [2.24, 2.45) is 0 Å². The Bertz CT molecular complexity index is 136. The molecule has 0 spiro atoms. The second-order valence-corrected chi connectivity index (χ2v) is 4.28. The monoisotopic (exact) mass is 187 g/mol. The largest absolute Gasteiger partial charge is 0.394 e. The zero-order chi connectivity index (χ0) is 10.5. The van der Waals surface area contributed by atoms with Gasteiger partial charge in [-0.3, -0.25) is 4.90 Å². The number of hydrogen-bond donors (Lipinski definition) is 1. The third kappa shape index (κ3) is 3.28. The Morgan fingerprint density at radius 2 is 1.85 bits per heavy atom. The molecule has 0 aromatic carbocycles. The first-order valence-corrected chi connectivity index (χ1v) is 5.39. The average Bonchev–Trinajstić information content (AvgIpc) is 2.05. The van der Waals surface area contributed by atoms with Crippen molar-refractivity contribution < 1.29 is 5.11 Å². The molecule has 0 fully saturated rings. The van der Waals surface area contributed by atoms with Gasteiger partial charge in [0.25, 0.3) is 0 Å². The number of nitrogens with zero attached hydrogens (tertiary/aromatic N) is 1. The molecule has 2 nitrogen and oxygen atoms in total. The number of rotatable bonds is 6. The second kappa shape index (κ2) is 5.61. The molecule has 0 aromatic rings. The van der Waals surface area contributed by atoms with Gasteiger partial charge in [-0.25, -0.2) is 0 Å². The normalized spacial score (nSPS) is 16.6. The van der Waals surface area contributed by atoms with Crippen LogP contribution in [0.5, 0.6) is 0 Å². The van der Waals surface area contributed by atoms with Crippen LogP contribution in [-0.2, 0) is 0 Å². The maximum atomic E-state index is 9.43. The molecule has 0 amide bonds. The summed E-state index contributed by atoms with van der Waals surface area (Å²) in [5.41, 5.74) is -0.0301. The SMILES string of the molecule is CCCC(C)(CO)N(CC)C(C)C.